The van der Waals surface area contributed by atoms with Gasteiger partial charge < -0.3 is 0 Å². The molecule has 0 fully saturated rings. The molecule has 0 unspecified atom stereocenters. The summed E-state index contributed by atoms with van der Waals surface area (Å²) in [6.45, 7) is 8.34. The van der Waals surface area contributed by atoms with Crippen LogP contribution < -0.4 is 0 Å². The first-order valence-corrected chi connectivity index (χ1v) is 12.8. The Hall–Kier alpha value is -3.57. The number of benzene rings is 2. The molecule has 0 aliphatic carbocycles. The fourth-order valence-corrected chi connectivity index (χ4v) is 4.17. The number of rotatable bonds is 7. The van der Waals surface area contributed by atoms with Crippen LogP contribution in [-0.4, -0.2) is 19.3 Å². The summed E-state index contributed by atoms with van der Waals surface area (Å²) in [6, 6.07) is 19.0. The van der Waals surface area contributed by atoms with Crippen molar-refractivity contribution in [1.82, 2.24) is 4.31 Å². The Morgan fingerprint density at radius 2 is 1.62 bits per heavy atom. The quantitative estimate of drug-likeness (QED) is 0.390. The monoisotopic (exact) mass is 469 g/mol. The normalized spacial score (nSPS) is 10.2. The summed E-state index contributed by atoms with van der Waals surface area (Å²) in [5, 5.41) is 0. The topological polar surface area (TPSA) is 37.4 Å². The van der Waals surface area contributed by atoms with Crippen LogP contribution >= 0.6 is 0 Å². The number of sulfonamides is 1. The van der Waals surface area contributed by atoms with Gasteiger partial charge in [0, 0.05) is 29.4 Å². The van der Waals surface area contributed by atoms with Gasteiger partial charge in [0.15, 0.2) is 0 Å². The van der Waals surface area contributed by atoms with Crippen molar-refractivity contribution in [2.24, 2.45) is 5.41 Å². The Morgan fingerprint density at radius 1 is 0.912 bits per heavy atom. The van der Waals surface area contributed by atoms with Crippen molar-refractivity contribution in [1.29, 1.82) is 0 Å². The predicted molar refractivity (Wildman–Crippen MR) is 140 cm³/mol. The Kier molecular flexibility index (Phi) is 10.4. The third-order valence-electron chi connectivity index (χ3n) is 4.98. The van der Waals surface area contributed by atoms with Gasteiger partial charge in [0.1, 0.15) is 0 Å². The highest BCUT2D eigenvalue weighted by Crippen LogP contribution is 2.21. The van der Waals surface area contributed by atoms with Crippen molar-refractivity contribution in [2.75, 3.05) is 6.54 Å². The van der Waals surface area contributed by atoms with Crippen LogP contribution in [0.15, 0.2) is 59.5 Å². The largest absolute Gasteiger partial charge is 0.271 e. The maximum absolute atomic E-state index is 13.2. The molecule has 2 aromatic carbocycles. The van der Waals surface area contributed by atoms with Gasteiger partial charge in [-0.2, -0.15) is 0 Å². The van der Waals surface area contributed by atoms with E-state index in [-0.39, 0.29) is 16.9 Å². The summed E-state index contributed by atoms with van der Waals surface area (Å²) >= 11 is 0. The van der Waals surface area contributed by atoms with Crippen molar-refractivity contribution in [2.45, 2.75) is 58.3 Å². The molecule has 0 aliphatic heterocycles. The van der Waals surface area contributed by atoms with E-state index in [1.54, 1.807) is 24.3 Å². The molecule has 0 radical (unpaired) electrons. The van der Waals surface area contributed by atoms with E-state index in [0.29, 0.717) is 6.42 Å². The first kappa shape index (κ1) is 26.7. The van der Waals surface area contributed by atoms with Crippen LogP contribution in [0.2, 0.25) is 0 Å². The Labute approximate surface area is 206 Å². The highest BCUT2D eigenvalue weighted by atomic mass is 32.2. The molecule has 0 bridgehead atoms. The number of aryl methyl sites for hydroxylation is 1. The lowest BCUT2D eigenvalue weighted by Crippen LogP contribution is -2.27. The van der Waals surface area contributed by atoms with Crippen LogP contribution in [0.3, 0.4) is 0 Å². The number of unbranched alkanes of at least 4 members (excludes halogenated alkanes) is 1. The lowest BCUT2D eigenvalue weighted by atomic mass is 9.88. The van der Waals surface area contributed by atoms with Crippen LogP contribution in [0.5, 0.6) is 0 Å². The molecule has 0 heterocycles. The van der Waals surface area contributed by atoms with Crippen LogP contribution in [0.4, 0.5) is 0 Å². The zero-order valence-corrected chi connectivity index (χ0v) is 21.2. The minimum Gasteiger partial charge on any atom is -0.223 e. The first-order valence-electron chi connectivity index (χ1n) is 11.4. The molecule has 0 aromatic heterocycles. The van der Waals surface area contributed by atoms with Gasteiger partial charge in [0.05, 0.1) is 11.4 Å². The van der Waals surface area contributed by atoms with Crippen molar-refractivity contribution >= 4 is 10.0 Å². The van der Waals surface area contributed by atoms with E-state index in [2.05, 4.69) is 68.3 Å². The molecule has 0 saturated carbocycles. The van der Waals surface area contributed by atoms with Crippen molar-refractivity contribution < 1.29 is 8.42 Å². The molecule has 3 nitrogen and oxygen atoms in total. The average Bonchev–Trinajstić information content (AvgIpc) is 2.82. The molecule has 0 N–H and O–H groups in total. The van der Waals surface area contributed by atoms with E-state index in [0.717, 1.165) is 34.7 Å². The maximum Gasteiger partial charge on any atom is 0.271 e. The van der Waals surface area contributed by atoms with Gasteiger partial charge in [0.25, 0.3) is 10.0 Å². The molecule has 0 aliphatic rings. The van der Waals surface area contributed by atoms with Gasteiger partial charge in [-0.3, -0.25) is 0 Å². The summed E-state index contributed by atoms with van der Waals surface area (Å²) in [5.41, 5.74) is 1.71. The standard InChI is InChI=1S/C30H31NO2S/c1-5-6-23-30(3,4)24-13-15-26-31(34(32,33)29-21-19-27(2)20-22-29)25-14-8-7-10-16-28-17-11-9-12-18-28/h9,11-12,17-22H,5-6,14,23,25H2,1-4H3. The summed E-state index contributed by atoms with van der Waals surface area (Å²) in [5.74, 6) is 20.2. The third kappa shape index (κ3) is 9.12. The van der Waals surface area contributed by atoms with Gasteiger partial charge in [-0.05, 0) is 69.2 Å². The zero-order chi connectivity index (χ0) is 24.9. The van der Waals surface area contributed by atoms with E-state index in [1.807, 2.05) is 37.3 Å². The number of hydrogen-bond donors (Lipinski definition) is 0. The van der Waals surface area contributed by atoms with E-state index in [1.165, 1.54) is 0 Å². The van der Waals surface area contributed by atoms with Crippen LogP contribution in [0.1, 0.15) is 57.6 Å². The summed E-state index contributed by atoms with van der Waals surface area (Å²) < 4.78 is 27.5. The van der Waals surface area contributed by atoms with E-state index < -0.39 is 10.0 Å². The van der Waals surface area contributed by atoms with Crippen LogP contribution in [0.25, 0.3) is 0 Å². The molecular weight excluding hydrogens is 438 g/mol. The van der Waals surface area contributed by atoms with Crippen molar-refractivity contribution in [3.05, 3.63) is 65.7 Å². The second kappa shape index (κ2) is 13.2. The Balaban J connectivity index is 2.20. The van der Waals surface area contributed by atoms with Gasteiger partial charge in [-0.1, -0.05) is 73.4 Å². The first-order chi connectivity index (χ1) is 16.2. The van der Waals surface area contributed by atoms with Crippen LogP contribution in [0, 0.1) is 59.8 Å². The molecule has 0 spiro atoms. The average molecular weight is 470 g/mol. The minimum absolute atomic E-state index is 0.129. The molecule has 34 heavy (non-hydrogen) atoms. The molecule has 2 aromatic rings. The molecule has 0 amide bonds. The van der Waals surface area contributed by atoms with Gasteiger partial charge >= 0.3 is 0 Å². The zero-order valence-electron chi connectivity index (χ0n) is 20.4. The predicted octanol–water partition coefficient (Wildman–Crippen LogP) is 5.61. The van der Waals surface area contributed by atoms with Gasteiger partial charge in [-0.25, -0.2) is 12.7 Å². The third-order valence-corrected chi connectivity index (χ3v) is 6.70. The summed E-state index contributed by atoms with van der Waals surface area (Å²) in [6.07, 6.45) is 3.48. The lowest BCUT2D eigenvalue weighted by Gasteiger charge is -2.17. The summed E-state index contributed by atoms with van der Waals surface area (Å²) in [7, 11) is -3.80. The fourth-order valence-electron chi connectivity index (χ4n) is 2.93. The second-order valence-electron chi connectivity index (χ2n) is 8.53. The van der Waals surface area contributed by atoms with Crippen molar-refractivity contribution in [3.8, 4) is 47.5 Å². The molecule has 2 rings (SSSR count). The van der Waals surface area contributed by atoms with E-state index in [9.17, 15) is 8.42 Å². The second-order valence-corrected chi connectivity index (χ2v) is 10.4. The van der Waals surface area contributed by atoms with E-state index >= 15 is 0 Å². The fraction of sp³-hybridized carbons (Fsp3) is 0.333. The lowest BCUT2D eigenvalue weighted by molar-refractivity contribution is 0.438. The highest BCUT2D eigenvalue weighted by molar-refractivity contribution is 7.89. The Bertz CT molecular complexity index is 1290. The van der Waals surface area contributed by atoms with Crippen LogP contribution in [-0.2, 0) is 10.0 Å². The molecule has 4 heteroatoms. The molecule has 174 valence electrons. The highest BCUT2D eigenvalue weighted by Gasteiger charge is 2.21. The Morgan fingerprint density at radius 3 is 2.29 bits per heavy atom. The van der Waals surface area contributed by atoms with E-state index in [4.69, 9.17) is 0 Å². The minimum atomic E-state index is -3.80. The maximum atomic E-state index is 13.2. The smallest absolute Gasteiger partial charge is 0.223 e. The summed E-state index contributed by atoms with van der Waals surface area (Å²) in [4.78, 5) is 0.195. The molecule has 0 saturated heterocycles. The molecule has 0 atom stereocenters. The van der Waals surface area contributed by atoms with Crippen molar-refractivity contribution in [3.63, 3.8) is 0 Å². The van der Waals surface area contributed by atoms with Gasteiger partial charge in [0.2, 0.25) is 0 Å². The number of nitrogens with zero attached hydrogens (tertiary/aromatic N) is 1. The number of hydrogen-bond acceptors (Lipinski definition) is 2. The molecular formula is C30H31NO2S. The van der Waals surface area contributed by atoms with Gasteiger partial charge in [-0.15, -0.1) is 0 Å². The SMILES string of the molecule is CCCCC(C)(C)C#CC#CN(CCC#CC#Cc1ccccc1)S(=O)(=O)c1ccc(C)cc1.